The van der Waals surface area contributed by atoms with Gasteiger partial charge in [-0.2, -0.15) is 0 Å². The molecule has 0 bridgehead atoms. The lowest BCUT2D eigenvalue weighted by molar-refractivity contribution is 1.19. The summed E-state index contributed by atoms with van der Waals surface area (Å²) in [6, 6.07) is 55.3. The van der Waals surface area contributed by atoms with Gasteiger partial charge >= 0.3 is 0 Å². The first kappa shape index (κ1) is 23.5. The van der Waals surface area contributed by atoms with Gasteiger partial charge in [0, 0.05) is 31.9 Å². The zero-order valence-electron chi connectivity index (χ0n) is 22.8. The van der Waals surface area contributed by atoms with E-state index in [4.69, 9.17) is 0 Å². The van der Waals surface area contributed by atoms with Crippen LogP contribution in [0.3, 0.4) is 0 Å². The first-order valence-electron chi connectivity index (χ1n) is 14.4. The minimum atomic E-state index is 1.19. The van der Waals surface area contributed by atoms with Crippen molar-refractivity contribution in [1.82, 2.24) is 4.57 Å². The summed E-state index contributed by atoms with van der Waals surface area (Å²) in [6.07, 6.45) is 0. The van der Waals surface area contributed by atoms with Crippen LogP contribution in [0.2, 0.25) is 0 Å². The number of hydrogen-bond donors (Lipinski definition) is 0. The second kappa shape index (κ2) is 9.17. The molecule has 2 heterocycles. The normalized spacial score (nSPS) is 11.8. The second-order valence-electron chi connectivity index (χ2n) is 11.0. The lowest BCUT2D eigenvalue weighted by Crippen LogP contribution is -1.92. The molecule has 0 aliphatic carbocycles. The van der Waals surface area contributed by atoms with Crippen LogP contribution < -0.4 is 0 Å². The maximum atomic E-state index is 2.44. The number of benzene rings is 7. The third-order valence-electron chi connectivity index (χ3n) is 8.59. The van der Waals surface area contributed by atoms with Crippen molar-refractivity contribution in [3.8, 4) is 27.9 Å². The Bertz CT molecular complexity index is 2440. The molecule has 196 valence electrons. The summed E-state index contributed by atoms with van der Waals surface area (Å²) in [5.41, 5.74) is 8.74. The van der Waals surface area contributed by atoms with Crippen LogP contribution in [0.5, 0.6) is 0 Å². The fourth-order valence-electron chi connectivity index (χ4n) is 6.59. The molecule has 0 atom stereocenters. The fourth-order valence-corrected chi connectivity index (χ4v) is 7.96. The molecule has 0 amide bonds. The first-order chi connectivity index (χ1) is 20.8. The van der Waals surface area contributed by atoms with E-state index in [-0.39, 0.29) is 0 Å². The molecule has 0 unspecified atom stereocenters. The Balaban J connectivity index is 1.25. The fraction of sp³-hybridized carbons (Fsp3) is 0. The molecule has 0 saturated carbocycles. The van der Waals surface area contributed by atoms with Crippen molar-refractivity contribution in [2.45, 2.75) is 0 Å². The Labute approximate surface area is 247 Å². The summed E-state index contributed by atoms with van der Waals surface area (Å²) >= 11 is 1.92. The molecule has 9 aromatic rings. The van der Waals surface area contributed by atoms with Crippen LogP contribution >= 0.6 is 11.3 Å². The number of rotatable bonds is 3. The Hall–Kier alpha value is -5.18. The maximum Gasteiger partial charge on any atom is 0.0719 e. The number of aromatic nitrogens is 1. The van der Waals surface area contributed by atoms with Gasteiger partial charge in [-0.1, -0.05) is 127 Å². The van der Waals surface area contributed by atoms with Crippen molar-refractivity contribution in [1.29, 1.82) is 0 Å². The lowest BCUT2D eigenvalue weighted by atomic mass is 9.97. The van der Waals surface area contributed by atoms with E-state index in [2.05, 4.69) is 156 Å². The van der Waals surface area contributed by atoms with Crippen molar-refractivity contribution in [3.63, 3.8) is 0 Å². The number of thiophene rings is 1. The number of fused-ring (bicyclic) bond motifs is 8. The van der Waals surface area contributed by atoms with Gasteiger partial charge in [-0.05, 0) is 57.3 Å². The smallest absolute Gasteiger partial charge is 0.0719 e. The van der Waals surface area contributed by atoms with E-state index in [0.29, 0.717) is 0 Å². The Morgan fingerprint density at radius 2 is 1.07 bits per heavy atom. The summed E-state index contributed by atoms with van der Waals surface area (Å²) in [4.78, 5) is 0. The molecule has 9 rings (SSSR count). The average Bonchev–Trinajstić information content (AvgIpc) is 3.61. The zero-order valence-corrected chi connectivity index (χ0v) is 23.6. The highest BCUT2D eigenvalue weighted by molar-refractivity contribution is 7.27. The van der Waals surface area contributed by atoms with Gasteiger partial charge in [-0.25, -0.2) is 0 Å². The Kier molecular flexibility index (Phi) is 5.13. The predicted molar refractivity (Wildman–Crippen MR) is 182 cm³/mol. The van der Waals surface area contributed by atoms with E-state index in [0.717, 1.165) is 0 Å². The number of para-hydroxylation sites is 2. The summed E-state index contributed by atoms with van der Waals surface area (Å²) < 4.78 is 5.12. The van der Waals surface area contributed by atoms with E-state index in [1.807, 2.05) is 11.3 Å². The average molecular weight is 552 g/mol. The SMILES string of the molecule is c1ccc(-n2c3ccccc3c3ccc4c5cccc(-c6ccc(-c7ccc8ccccc8c7)cc6)c5sc4c32)cc1. The van der Waals surface area contributed by atoms with Crippen LogP contribution in [-0.4, -0.2) is 4.57 Å². The van der Waals surface area contributed by atoms with Gasteiger partial charge < -0.3 is 4.57 Å². The van der Waals surface area contributed by atoms with E-state index >= 15 is 0 Å². The third kappa shape index (κ3) is 3.49. The molecule has 0 N–H and O–H groups in total. The van der Waals surface area contributed by atoms with Gasteiger partial charge in [0.15, 0.2) is 0 Å². The van der Waals surface area contributed by atoms with Gasteiger partial charge in [0.05, 0.1) is 15.7 Å². The molecule has 0 spiro atoms. The standard InChI is InChI=1S/C40H25NS/c1-2-11-31(12-3-1)41-37-16-7-6-13-33(37)34-23-24-36-35-15-8-14-32(39(35)42-40(36)38(34)41)28-20-17-27(18-21-28)30-22-19-26-9-4-5-10-29(26)25-30/h1-25H. The van der Waals surface area contributed by atoms with Crippen molar-refractivity contribution >= 4 is 64.1 Å². The van der Waals surface area contributed by atoms with E-state index < -0.39 is 0 Å². The topological polar surface area (TPSA) is 4.93 Å². The molecule has 0 aliphatic heterocycles. The Morgan fingerprint density at radius 3 is 1.95 bits per heavy atom. The highest BCUT2D eigenvalue weighted by Gasteiger charge is 2.18. The summed E-state index contributed by atoms with van der Waals surface area (Å²) in [7, 11) is 0. The molecule has 2 aromatic heterocycles. The quantitative estimate of drug-likeness (QED) is 0.206. The van der Waals surface area contributed by atoms with Crippen LogP contribution in [0.1, 0.15) is 0 Å². The molecule has 1 nitrogen and oxygen atoms in total. The van der Waals surface area contributed by atoms with Crippen molar-refractivity contribution in [2.75, 3.05) is 0 Å². The van der Waals surface area contributed by atoms with Gasteiger partial charge in [0.1, 0.15) is 0 Å². The van der Waals surface area contributed by atoms with Crippen LogP contribution in [0.4, 0.5) is 0 Å². The van der Waals surface area contributed by atoms with Gasteiger partial charge in [0.25, 0.3) is 0 Å². The second-order valence-corrected chi connectivity index (χ2v) is 12.0. The highest BCUT2D eigenvalue weighted by Crippen LogP contribution is 2.45. The maximum absolute atomic E-state index is 2.44. The van der Waals surface area contributed by atoms with Gasteiger partial charge in [-0.15, -0.1) is 11.3 Å². The molecule has 42 heavy (non-hydrogen) atoms. The largest absolute Gasteiger partial charge is 0.308 e. The third-order valence-corrected chi connectivity index (χ3v) is 9.85. The van der Waals surface area contributed by atoms with Crippen LogP contribution in [0.15, 0.2) is 152 Å². The Morgan fingerprint density at radius 1 is 0.405 bits per heavy atom. The highest BCUT2D eigenvalue weighted by atomic mass is 32.1. The summed E-state index contributed by atoms with van der Waals surface area (Å²) in [5.74, 6) is 0. The van der Waals surface area contributed by atoms with Crippen LogP contribution in [0.25, 0.3) is 80.7 Å². The minimum absolute atomic E-state index is 1.19. The van der Waals surface area contributed by atoms with Crippen molar-refractivity contribution in [3.05, 3.63) is 152 Å². The molecule has 0 fully saturated rings. The van der Waals surface area contributed by atoms with E-state index in [1.54, 1.807) is 0 Å². The molecule has 0 radical (unpaired) electrons. The van der Waals surface area contributed by atoms with Gasteiger partial charge in [0.2, 0.25) is 0 Å². The van der Waals surface area contributed by atoms with E-state index in [1.165, 1.54) is 80.7 Å². The molecule has 0 aliphatic rings. The van der Waals surface area contributed by atoms with E-state index in [9.17, 15) is 0 Å². The molecular weight excluding hydrogens is 527 g/mol. The van der Waals surface area contributed by atoms with Crippen molar-refractivity contribution in [2.24, 2.45) is 0 Å². The molecule has 7 aromatic carbocycles. The van der Waals surface area contributed by atoms with Gasteiger partial charge in [-0.3, -0.25) is 0 Å². The first-order valence-corrected chi connectivity index (χ1v) is 15.2. The predicted octanol–water partition coefficient (Wildman–Crippen LogP) is 11.6. The monoisotopic (exact) mass is 551 g/mol. The zero-order chi connectivity index (χ0) is 27.6. The molecular formula is C40H25NS. The number of nitrogens with zero attached hydrogens (tertiary/aromatic N) is 1. The number of hydrogen-bond acceptors (Lipinski definition) is 1. The van der Waals surface area contributed by atoms with Crippen molar-refractivity contribution < 1.29 is 0 Å². The summed E-state index contributed by atoms with van der Waals surface area (Å²) in [5, 5.41) is 7.77. The van der Waals surface area contributed by atoms with Crippen LogP contribution in [-0.2, 0) is 0 Å². The minimum Gasteiger partial charge on any atom is -0.308 e. The molecule has 2 heteroatoms. The lowest BCUT2D eigenvalue weighted by Gasteiger charge is -2.08. The molecule has 0 saturated heterocycles. The van der Waals surface area contributed by atoms with Crippen LogP contribution in [0, 0.1) is 0 Å². The summed E-state index contributed by atoms with van der Waals surface area (Å²) in [6.45, 7) is 0.